The number of ether oxygens (including phenoxy) is 2. The fraction of sp³-hybridized carbons (Fsp3) is 0.444. The SMILES string of the molecule is COc1cc(C=CC(=O)N(C)CCC#N)ccc1OCC(C)C. The van der Waals surface area contributed by atoms with Crippen LogP contribution in [0, 0.1) is 17.2 Å². The second-order valence-electron chi connectivity index (χ2n) is 5.62. The summed E-state index contributed by atoms with van der Waals surface area (Å²) in [5, 5.41) is 8.53. The smallest absolute Gasteiger partial charge is 0.246 e. The first-order chi connectivity index (χ1) is 11.0. The predicted molar refractivity (Wildman–Crippen MR) is 90.2 cm³/mol. The molecule has 0 saturated carbocycles. The Labute approximate surface area is 138 Å². The molecule has 1 aromatic rings. The van der Waals surface area contributed by atoms with Crippen LogP contribution in [0.3, 0.4) is 0 Å². The van der Waals surface area contributed by atoms with Crippen LogP contribution in [0.4, 0.5) is 0 Å². The number of hydrogen-bond acceptors (Lipinski definition) is 4. The van der Waals surface area contributed by atoms with E-state index in [1.165, 1.54) is 11.0 Å². The van der Waals surface area contributed by atoms with Gasteiger partial charge in [-0.2, -0.15) is 5.26 Å². The lowest BCUT2D eigenvalue weighted by Crippen LogP contribution is -2.25. The molecule has 0 heterocycles. The van der Waals surface area contributed by atoms with E-state index in [9.17, 15) is 4.79 Å². The van der Waals surface area contributed by atoms with Crippen molar-refractivity contribution < 1.29 is 14.3 Å². The first-order valence-corrected chi connectivity index (χ1v) is 7.59. The molecule has 0 bridgehead atoms. The van der Waals surface area contributed by atoms with Gasteiger partial charge in [-0.1, -0.05) is 19.9 Å². The number of rotatable bonds is 8. The third-order valence-corrected chi connectivity index (χ3v) is 3.11. The molecule has 0 aromatic heterocycles. The monoisotopic (exact) mass is 316 g/mol. The van der Waals surface area contributed by atoms with Crippen molar-refractivity contribution in [2.75, 3.05) is 27.3 Å². The van der Waals surface area contributed by atoms with Crippen molar-refractivity contribution in [3.8, 4) is 17.6 Å². The average Bonchev–Trinajstić information content (AvgIpc) is 2.55. The number of carbonyl (C=O) groups is 1. The van der Waals surface area contributed by atoms with Gasteiger partial charge in [-0.15, -0.1) is 0 Å². The van der Waals surface area contributed by atoms with Gasteiger partial charge in [0.1, 0.15) is 0 Å². The van der Waals surface area contributed by atoms with Gasteiger partial charge in [0.25, 0.3) is 0 Å². The van der Waals surface area contributed by atoms with Gasteiger partial charge in [-0.25, -0.2) is 0 Å². The van der Waals surface area contributed by atoms with Crippen LogP contribution in [-0.2, 0) is 4.79 Å². The molecule has 0 fully saturated rings. The van der Waals surface area contributed by atoms with Crippen LogP contribution >= 0.6 is 0 Å². The zero-order chi connectivity index (χ0) is 17.2. The fourth-order valence-corrected chi connectivity index (χ4v) is 1.79. The second-order valence-corrected chi connectivity index (χ2v) is 5.62. The topological polar surface area (TPSA) is 62.6 Å². The molecule has 0 saturated heterocycles. The summed E-state index contributed by atoms with van der Waals surface area (Å²) in [6.45, 7) is 5.20. The highest BCUT2D eigenvalue weighted by Crippen LogP contribution is 2.29. The van der Waals surface area contributed by atoms with E-state index >= 15 is 0 Å². The minimum Gasteiger partial charge on any atom is -0.493 e. The van der Waals surface area contributed by atoms with Crippen molar-refractivity contribution >= 4 is 12.0 Å². The number of nitrogens with zero attached hydrogens (tertiary/aromatic N) is 2. The molecule has 5 nitrogen and oxygen atoms in total. The molecule has 0 N–H and O–H groups in total. The number of amides is 1. The van der Waals surface area contributed by atoms with E-state index in [0.29, 0.717) is 37.0 Å². The maximum atomic E-state index is 11.9. The zero-order valence-corrected chi connectivity index (χ0v) is 14.2. The van der Waals surface area contributed by atoms with Crippen molar-refractivity contribution in [2.24, 2.45) is 5.92 Å². The highest BCUT2D eigenvalue weighted by atomic mass is 16.5. The third kappa shape index (κ3) is 6.43. The maximum absolute atomic E-state index is 11.9. The Morgan fingerprint density at radius 3 is 2.74 bits per heavy atom. The van der Waals surface area contributed by atoms with Crippen molar-refractivity contribution in [2.45, 2.75) is 20.3 Å². The van der Waals surface area contributed by atoms with E-state index in [1.807, 2.05) is 24.3 Å². The Balaban J connectivity index is 2.76. The van der Waals surface area contributed by atoms with Crippen molar-refractivity contribution in [1.82, 2.24) is 4.90 Å². The number of nitriles is 1. The Morgan fingerprint density at radius 1 is 1.39 bits per heavy atom. The summed E-state index contributed by atoms with van der Waals surface area (Å²) in [5.74, 6) is 1.62. The highest BCUT2D eigenvalue weighted by molar-refractivity contribution is 5.91. The number of likely N-dealkylation sites (N-methyl/N-ethyl adjacent to an activating group) is 1. The molecule has 5 heteroatoms. The van der Waals surface area contributed by atoms with E-state index in [-0.39, 0.29) is 5.91 Å². The summed E-state index contributed by atoms with van der Waals surface area (Å²) in [6.07, 6.45) is 3.53. The van der Waals surface area contributed by atoms with Crippen LogP contribution in [0.25, 0.3) is 6.08 Å². The molecular formula is C18H24N2O3. The number of carbonyl (C=O) groups excluding carboxylic acids is 1. The molecule has 0 unspecified atom stereocenters. The van der Waals surface area contributed by atoms with Crippen molar-refractivity contribution in [3.63, 3.8) is 0 Å². The summed E-state index contributed by atoms with van der Waals surface area (Å²) in [5.41, 5.74) is 0.848. The Morgan fingerprint density at radius 2 is 2.13 bits per heavy atom. The quantitative estimate of drug-likeness (QED) is 0.691. The second kappa shape index (κ2) is 9.52. The van der Waals surface area contributed by atoms with Gasteiger partial charge >= 0.3 is 0 Å². The Kier molecular flexibility index (Phi) is 7.69. The van der Waals surface area contributed by atoms with E-state index in [4.69, 9.17) is 14.7 Å². The molecular weight excluding hydrogens is 292 g/mol. The normalized spacial score (nSPS) is 10.6. The van der Waals surface area contributed by atoms with Gasteiger partial charge < -0.3 is 14.4 Å². The van der Waals surface area contributed by atoms with E-state index in [1.54, 1.807) is 20.2 Å². The Hall–Kier alpha value is -2.48. The van der Waals surface area contributed by atoms with Gasteiger partial charge in [0, 0.05) is 19.7 Å². The molecule has 124 valence electrons. The van der Waals surface area contributed by atoms with E-state index in [2.05, 4.69) is 13.8 Å². The van der Waals surface area contributed by atoms with Gasteiger partial charge in [-0.3, -0.25) is 4.79 Å². The third-order valence-electron chi connectivity index (χ3n) is 3.11. The minimum absolute atomic E-state index is 0.139. The largest absolute Gasteiger partial charge is 0.493 e. The van der Waals surface area contributed by atoms with Crippen LogP contribution in [-0.4, -0.2) is 38.1 Å². The Bertz CT molecular complexity index is 588. The van der Waals surface area contributed by atoms with E-state index < -0.39 is 0 Å². The predicted octanol–water partition coefficient (Wildman–Crippen LogP) is 3.12. The number of hydrogen-bond donors (Lipinski definition) is 0. The number of methoxy groups -OCH3 is 1. The molecule has 0 spiro atoms. The lowest BCUT2D eigenvalue weighted by atomic mass is 10.2. The van der Waals surface area contributed by atoms with Crippen LogP contribution in [0.2, 0.25) is 0 Å². The summed E-state index contributed by atoms with van der Waals surface area (Å²) in [4.78, 5) is 13.4. The number of benzene rings is 1. The van der Waals surface area contributed by atoms with Crippen LogP contribution < -0.4 is 9.47 Å². The van der Waals surface area contributed by atoms with Gasteiger partial charge in [0.05, 0.1) is 26.2 Å². The van der Waals surface area contributed by atoms with Crippen LogP contribution in [0.1, 0.15) is 25.8 Å². The molecule has 0 radical (unpaired) electrons. The molecule has 1 aromatic carbocycles. The molecule has 0 aliphatic rings. The zero-order valence-electron chi connectivity index (χ0n) is 14.2. The van der Waals surface area contributed by atoms with Crippen LogP contribution in [0.15, 0.2) is 24.3 Å². The first-order valence-electron chi connectivity index (χ1n) is 7.59. The van der Waals surface area contributed by atoms with Crippen molar-refractivity contribution in [1.29, 1.82) is 5.26 Å². The van der Waals surface area contributed by atoms with Crippen LogP contribution in [0.5, 0.6) is 11.5 Å². The molecule has 1 amide bonds. The maximum Gasteiger partial charge on any atom is 0.246 e. The summed E-state index contributed by atoms with van der Waals surface area (Å²) in [6, 6.07) is 7.56. The standard InChI is InChI=1S/C18H24N2O3/c1-14(2)13-23-16-8-6-15(12-17(16)22-4)7-9-18(21)20(3)11-5-10-19/h6-9,12,14H,5,11,13H2,1-4H3. The molecule has 0 aliphatic carbocycles. The van der Waals surface area contributed by atoms with Gasteiger partial charge in [-0.05, 0) is 29.7 Å². The lowest BCUT2D eigenvalue weighted by Gasteiger charge is -2.13. The van der Waals surface area contributed by atoms with Crippen molar-refractivity contribution in [3.05, 3.63) is 29.8 Å². The lowest BCUT2D eigenvalue weighted by molar-refractivity contribution is -0.124. The average molecular weight is 316 g/mol. The summed E-state index contributed by atoms with van der Waals surface area (Å²) >= 11 is 0. The van der Waals surface area contributed by atoms with E-state index in [0.717, 1.165) is 5.56 Å². The molecule has 0 aliphatic heterocycles. The van der Waals surface area contributed by atoms with Gasteiger partial charge in [0.15, 0.2) is 11.5 Å². The molecule has 23 heavy (non-hydrogen) atoms. The fourth-order valence-electron chi connectivity index (χ4n) is 1.79. The minimum atomic E-state index is -0.139. The summed E-state index contributed by atoms with van der Waals surface area (Å²) < 4.78 is 11.0. The first kappa shape index (κ1) is 18.6. The van der Waals surface area contributed by atoms with Gasteiger partial charge in [0.2, 0.25) is 5.91 Å². The molecule has 0 atom stereocenters. The molecule has 1 rings (SSSR count). The highest BCUT2D eigenvalue weighted by Gasteiger charge is 2.07. The summed E-state index contributed by atoms with van der Waals surface area (Å²) in [7, 11) is 3.26.